The van der Waals surface area contributed by atoms with Crippen LogP contribution in [-0.4, -0.2) is 74.0 Å². The third-order valence-corrected chi connectivity index (χ3v) is 4.28. The Morgan fingerprint density at radius 1 is 1.24 bits per heavy atom. The highest BCUT2D eigenvalue weighted by Crippen LogP contribution is 2.12. The first-order valence-electron chi connectivity index (χ1n) is 10.4. The van der Waals surface area contributed by atoms with Crippen molar-refractivity contribution < 1.29 is 19.1 Å². The van der Waals surface area contributed by atoms with Crippen molar-refractivity contribution in [1.82, 2.24) is 20.9 Å². The number of nitrogens with one attached hydrogen (secondary N) is 3. The number of hydrogen-bond donors (Lipinski definition) is 3. The molecule has 168 valence electrons. The number of guanidine groups is 1. The lowest BCUT2D eigenvalue weighted by molar-refractivity contribution is 0.0507. The Kier molecular flexibility index (Phi) is 10.0. The van der Waals surface area contributed by atoms with Crippen molar-refractivity contribution in [3.8, 4) is 0 Å². The van der Waals surface area contributed by atoms with E-state index >= 15 is 0 Å². The minimum absolute atomic E-state index is 0.00696. The molecule has 0 aromatic rings. The predicted molar refractivity (Wildman–Crippen MR) is 114 cm³/mol. The van der Waals surface area contributed by atoms with E-state index < -0.39 is 17.8 Å². The normalized spacial score (nSPS) is 18.4. The quantitative estimate of drug-likeness (QED) is 0.437. The molecular formula is C20H39N5O4. The van der Waals surface area contributed by atoms with E-state index in [9.17, 15) is 9.59 Å². The molecule has 2 atom stereocenters. The molecule has 29 heavy (non-hydrogen) atoms. The van der Waals surface area contributed by atoms with Crippen LogP contribution in [0.2, 0.25) is 0 Å². The maximum absolute atomic E-state index is 12.0. The first-order valence-corrected chi connectivity index (χ1v) is 10.4. The summed E-state index contributed by atoms with van der Waals surface area (Å²) in [5.41, 5.74) is -0.517. The van der Waals surface area contributed by atoms with Crippen LogP contribution < -0.4 is 16.0 Å². The summed E-state index contributed by atoms with van der Waals surface area (Å²) in [6.45, 7) is 13.9. The van der Waals surface area contributed by atoms with E-state index in [0.29, 0.717) is 25.6 Å². The van der Waals surface area contributed by atoms with Gasteiger partial charge in [0.25, 0.3) is 0 Å². The van der Waals surface area contributed by atoms with Crippen molar-refractivity contribution in [2.45, 2.75) is 72.1 Å². The number of carbonyl (C=O) groups excluding carboxylic acids is 2. The lowest BCUT2D eigenvalue weighted by Crippen LogP contribution is -2.49. The van der Waals surface area contributed by atoms with Crippen molar-refractivity contribution >= 4 is 18.1 Å². The molecule has 1 aliphatic rings. The summed E-state index contributed by atoms with van der Waals surface area (Å²) in [6.07, 6.45) is 0.836. The van der Waals surface area contributed by atoms with E-state index in [0.717, 1.165) is 25.3 Å². The minimum Gasteiger partial charge on any atom is -0.450 e. The highest BCUT2D eigenvalue weighted by atomic mass is 16.6. The molecule has 1 aliphatic heterocycles. The second-order valence-corrected chi connectivity index (χ2v) is 8.70. The van der Waals surface area contributed by atoms with E-state index in [-0.39, 0.29) is 12.1 Å². The second kappa shape index (κ2) is 11.7. The number of ether oxygens (including phenoxy) is 2. The third kappa shape index (κ3) is 10.2. The highest BCUT2D eigenvalue weighted by Gasteiger charge is 2.28. The Balaban J connectivity index is 2.55. The summed E-state index contributed by atoms with van der Waals surface area (Å²) < 4.78 is 10.3. The molecule has 2 unspecified atom stereocenters. The van der Waals surface area contributed by atoms with Crippen molar-refractivity contribution in [1.29, 1.82) is 0 Å². The van der Waals surface area contributed by atoms with Gasteiger partial charge in [0, 0.05) is 32.7 Å². The minimum atomic E-state index is -0.517. The van der Waals surface area contributed by atoms with Crippen LogP contribution >= 0.6 is 0 Å². The number of aliphatic imine (C=N–C) groups is 1. The molecule has 2 amide bonds. The monoisotopic (exact) mass is 413 g/mol. The first kappa shape index (κ1) is 24.8. The zero-order valence-electron chi connectivity index (χ0n) is 19.0. The molecule has 0 radical (unpaired) electrons. The molecule has 0 spiro atoms. The van der Waals surface area contributed by atoms with E-state index in [1.807, 2.05) is 20.8 Å². The number of hydrogen-bond acceptors (Lipinski definition) is 5. The van der Waals surface area contributed by atoms with Gasteiger partial charge in [-0.25, -0.2) is 9.59 Å². The molecule has 0 bridgehead atoms. The van der Waals surface area contributed by atoms with E-state index in [1.54, 1.807) is 14.0 Å². The molecule has 0 aliphatic carbocycles. The Bertz CT molecular complexity index is 560. The van der Waals surface area contributed by atoms with Gasteiger partial charge in [-0.1, -0.05) is 13.8 Å². The van der Waals surface area contributed by atoms with Gasteiger partial charge in [0.1, 0.15) is 5.60 Å². The molecule has 9 heteroatoms. The standard InChI is InChI=1S/C20H39N5O4/c1-8-28-18(26)24-16(11-14(2)3)12-22-17(21-7)25-10-9-15(13-25)23-19(27)29-20(4,5)6/h14-16H,8-13H2,1-7H3,(H,21,22)(H,23,27)(H,24,26). The van der Waals surface area contributed by atoms with Gasteiger partial charge in [0.05, 0.1) is 12.6 Å². The van der Waals surface area contributed by atoms with Crippen molar-refractivity contribution in [2.75, 3.05) is 33.3 Å². The number of nitrogens with zero attached hydrogens (tertiary/aromatic N) is 2. The van der Waals surface area contributed by atoms with E-state index in [4.69, 9.17) is 9.47 Å². The topological polar surface area (TPSA) is 104 Å². The Labute approximate surface area is 175 Å². The van der Waals surface area contributed by atoms with Gasteiger partial charge < -0.3 is 30.3 Å². The SMILES string of the molecule is CCOC(=O)NC(CNC(=NC)N1CCC(NC(=O)OC(C)(C)C)C1)CC(C)C. The Hall–Kier alpha value is -2.19. The molecule has 1 heterocycles. The zero-order chi connectivity index (χ0) is 22.0. The average Bonchev–Trinajstić information content (AvgIpc) is 3.01. The van der Waals surface area contributed by atoms with Crippen LogP contribution in [0.15, 0.2) is 4.99 Å². The summed E-state index contributed by atoms with van der Waals surface area (Å²) in [5, 5.41) is 9.16. The molecule has 1 fully saturated rings. The Morgan fingerprint density at radius 3 is 2.48 bits per heavy atom. The van der Waals surface area contributed by atoms with Crippen LogP contribution in [0.25, 0.3) is 0 Å². The molecule has 1 rings (SSSR count). The van der Waals surface area contributed by atoms with Gasteiger partial charge in [-0.15, -0.1) is 0 Å². The van der Waals surface area contributed by atoms with Crippen LogP contribution in [-0.2, 0) is 9.47 Å². The molecule has 0 aromatic heterocycles. The molecule has 0 saturated carbocycles. The Morgan fingerprint density at radius 2 is 1.93 bits per heavy atom. The predicted octanol–water partition coefficient (Wildman–Crippen LogP) is 2.32. The summed E-state index contributed by atoms with van der Waals surface area (Å²) in [6, 6.07) is -0.0587. The van der Waals surface area contributed by atoms with Crippen LogP contribution in [0.4, 0.5) is 9.59 Å². The van der Waals surface area contributed by atoms with Crippen molar-refractivity contribution in [3.05, 3.63) is 0 Å². The van der Waals surface area contributed by atoms with E-state index in [2.05, 4.69) is 39.7 Å². The van der Waals surface area contributed by atoms with Crippen LogP contribution in [0.5, 0.6) is 0 Å². The summed E-state index contributed by atoms with van der Waals surface area (Å²) in [4.78, 5) is 30.2. The van der Waals surface area contributed by atoms with Crippen molar-refractivity contribution in [2.24, 2.45) is 10.9 Å². The van der Waals surface area contributed by atoms with Crippen molar-refractivity contribution in [3.63, 3.8) is 0 Å². The first-order chi connectivity index (χ1) is 13.5. The second-order valence-electron chi connectivity index (χ2n) is 8.70. The van der Waals surface area contributed by atoms with Crippen LogP contribution in [0, 0.1) is 5.92 Å². The fourth-order valence-electron chi connectivity index (χ4n) is 3.19. The molecule has 1 saturated heterocycles. The molecular weight excluding hydrogens is 374 g/mol. The smallest absolute Gasteiger partial charge is 0.407 e. The lowest BCUT2D eigenvalue weighted by Gasteiger charge is -2.26. The average molecular weight is 414 g/mol. The maximum atomic E-state index is 12.0. The number of rotatable bonds is 7. The van der Waals surface area contributed by atoms with Gasteiger partial charge in [-0.3, -0.25) is 4.99 Å². The fourth-order valence-corrected chi connectivity index (χ4v) is 3.19. The van der Waals surface area contributed by atoms with Gasteiger partial charge in [-0.2, -0.15) is 0 Å². The molecule has 9 nitrogen and oxygen atoms in total. The van der Waals surface area contributed by atoms with Crippen LogP contribution in [0.3, 0.4) is 0 Å². The number of likely N-dealkylation sites (tertiary alicyclic amines) is 1. The third-order valence-electron chi connectivity index (χ3n) is 4.28. The molecule has 3 N–H and O–H groups in total. The van der Waals surface area contributed by atoms with Gasteiger partial charge >= 0.3 is 12.2 Å². The largest absolute Gasteiger partial charge is 0.450 e. The summed E-state index contributed by atoms with van der Waals surface area (Å²) >= 11 is 0. The highest BCUT2D eigenvalue weighted by molar-refractivity contribution is 5.80. The number of carbonyl (C=O) groups is 2. The maximum Gasteiger partial charge on any atom is 0.407 e. The number of alkyl carbamates (subject to hydrolysis) is 2. The van der Waals surface area contributed by atoms with Gasteiger partial charge in [0.2, 0.25) is 0 Å². The zero-order valence-corrected chi connectivity index (χ0v) is 19.0. The van der Waals surface area contributed by atoms with Gasteiger partial charge in [0.15, 0.2) is 5.96 Å². The van der Waals surface area contributed by atoms with E-state index in [1.165, 1.54) is 0 Å². The number of amides is 2. The lowest BCUT2D eigenvalue weighted by atomic mass is 10.0. The van der Waals surface area contributed by atoms with Crippen LogP contribution in [0.1, 0.15) is 54.4 Å². The molecule has 0 aromatic carbocycles. The summed E-state index contributed by atoms with van der Waals surface area (Å²) in [5.74, 6) is 1.18. The fraction of sp³-hybridized carbons (Fsp3) is 0.850. The summed E-state index contributed by atoms with van der Waals surface area (Å²) in [7, 11) is 1.73. The van der Waals surface area contributed by atoms with Gasteiger partial charge in [-0.05, 0) is 46.5 Å².